The van der Waals surface area contributed by atoms with Crippen LogP contribution in [0, 0.1) is 13.8 Å². The largest absolute Gasteiger partial charge is 0.496 e. The van der Waals surface area contributed by atoms with Crippen molar-refractivity contribution in [2.24, 2.45) is 0 Å². The number of methoxy groups -OCH3 is 2. The van der Waals surface area contributed by atoms with E-state index >= 15 is 0 Å². The van der Waals surface area contributed by atoms with Gasteiger partial charge in [0.2, 0.25) is 0 Å². The van der Waals surface area contributed by atoms with Crippen LogP contribution in [0.15, 0.2) is 42.5 Å². The molecule has 1 aromatic heterocycles. The number of nitrogens with one attached hydrogen (secondary N) is 1. The van der Waals surface area contributed by atoms with Crippen molar-refractivity contribution in [1.82, 2.24) is 18.9 Å². The Morgan fingerprint density at radius 2 is 1.64 bits per heavy atom. The second-order valence-electron chi connectivity index (χ2n) is 9.05. The van der Waals surface area contributed by atoms with Crippen LogP contribution >= 0.6 is 11.3 Å². The number of rotatable bonds is 12. The number of hydrogen-bond donors (Lipinski definition) is 1. The minimum atomic E-state index is -3.97. The third-order valence-corrected chi connectivity index (χ3v) is 8.47. The maximum absolute atomic E-state index is 13.8. The summed E-state index contributed by atoms with van der Waals surface area (Å²) in [4.78, 5) is 33.0. The number of ether oxygens (including phenoxy) is 2. The molecule has 1 N–H and O–H groups in total. The zero-order chi connectivity index (χ0) is 28.7. The van der Waals surface area contributed by atoms with Crippen LogP contribution in [-0.4, -0.2) is 69.3 Å². The third kappa shape index (κ3) is 7.55. The fraction of sp³-hybridized carbons (Fsp3) is 0.370. The van der Waals surface area contributed by atoms with Gasteiger partial charge in [-0.25, -0.2) is 9.71 Å². The van der Waals surface area contributed by atoms with Crippen LogP contribution < -0.4 is 14.2 Å². The van der Waals surface area contributed by atoms with Crippen LogP contribution in [0.5, 0.6) is 11.5 Å². The topological polar surface area (TPSA) is 118 Å². The van der Waals surface area contributed by atoms with Gasteiger partial charge in [0.15, 0.2) is 0 Å². The molecule has 0 aliphatic carbocycles. The van der Waals surface area contributed by atoms with Gasteiger partial charge >= 0.3 is 10.2 Å². The first-order chi connectivity index (χ1) is 18.5. The Bertz CT molecular complexity index is 1400. The zero-order valence-electron chi connectivity index (χ0n) is 23.0. The number of carbonyl (C=O) groups is 2. The number of amides is 2. The molecule has 3 aromatic rings. The van der Waals surface area contributed by atoms with Crippen molar-refractivity contribution in [3.63, 3.8) is 0 Å². The SMILES string of the molecule is COc1cc(C(=O)N(CCCc2ccccc2)Cc2nc(C(=O)NS(=O)(=O)N(C)C)c(C)s2)cc(OC)c1C. The van der Waals surface area contributed by atoms with Crippen molar-refractivity contribution in [2.45, 2.75) is 33.2 Å². The fourth-order valence-corrected chi connectivity index (χ4v) is 5.37. The second kappa shape index (κ2) is 13.0. The molecule has 2 amide bonds. The monoisotopic (exact) mass is 574 g/mol. The Hall–Kier alpha value is -3.48. The van der Waals surface area contributed by atoms with Crippen LogP contribution in [0.4, 0.5) is 0 Å². The van der Waals surface area contributed by atoms with Crippen LogP contribution in [0.1, 0.15) is 48.3 Å². The van der Waals surface area contributed by atoms with Gasteiger partial charge in [0.1, 0.15) is 22.2 Å². The molecule has 0 fully saturated rings. The molecule has 0 radical (unpaired) electrons. The molecule has 210 valence electrons. The maximum Gasteiger partial charge on any atom is 0.303 e. The molecule has 0 aliphatic heterocycles. The van der Waals surface area contributed by atoms with Gasteiger partial charge < -0.3 is 14.4 Å². The highest BCUT2D eigenvalue weighted by Crippen LogP contribution is 2.30. The lowest BCUT2D eigenvalue weighted by Crippen LogP contribution is -2.39. The van der Waals surface area contributed by atoms with E-state index in [4.69, 9.17) is 9.47 Å². The lowest BCUT2D eigenvalue weighted by Gasteiger charge is -2.23. The summed E-state index contributed by atoms with van der Waals surface area (Å²) in [5, 5.41) is 0.513. The normalized spacial score (nSPS) is 11.4. The van der Waals surface area contributed by atoms with Gasteiger partial charge in [0, 0.05) is 36.6 Å². The summed E-state index contributed by atoms with van der Waals surface area (Å²) in [6.45, 7) is 4.12. The van der Waals surface area contributed by atoms with Gasteiger partial charge in [0.25, 0.3) is 11.8 Å². The summed E-state index contributed by atoms with van der Waals surface area (Å²) in [7, 11) is 1.75. The van der Waals surface area contributed by atoms with Gasteiger partial charge in [-0.3, -0.25) is 9.59 Å². The van der Waals surface area contributed by atoms with E-state index in [2.05, 4.69) is 4.98 Å². The van der Waals surface area contributed by atoms with E-state index in [-0.39, 0.29) is 18.1 Å². The summed E-state index contributed by atoms with van der Waals surface area (Å²) in [5.41, 5.74) is 2.36. The van der Waals surface area contributed by atoms with Gasteiger partial charge in [-0.1, -0.05) is 30.3 Å². The zero-order valence-corrected chi connectivity index (χ0v) is 24.6. The number of aromatic nitrogens is 1. The van der Waals surface area contributed by atoms with Gasteiger partial charge in [-0.15, -0.1) is 11.3 Å². The van der Waals surface area contributed by atoms with Crippen molar-refractivity contribution in [3.8, 4) is 11.5 Å². The molecular formula is C27H34N4O6S2. The van der Waals surface area contributed by atoms with E-state index in [1.54, 1.807) is 24.0 Å². The number of aryl methyl sites for hydroxylation is 2. The van der Waals surface area contributed by atoms with E-state index in [0.29, 0.717) is 39.9 Å². The molecule has 0 bridgehead atoms. The average molecular weight is 575 g/mol. The predicted octanol–water partition coefficient (Wildman–Crippen LogP) is 3.59. The summed E-state index contributed by atoms with van der Waals surface area (Å²) in [6, 6.07) is 13.4. The Labute approximate surface area is 233 Å². The van der Waals surface area contributed by atoms with Crippen molar-refractivity contribution in [1.29, 1.82) is 0 Å². The van der Waals surface area contributed by atoms with E-state index in [1.807, 2.05) is 42.0 Å². The molecule has 0 unspecified atom stereocenters. The minimum absolute atomic E-state index is 0.00999. The van der Waals surface area contributed by atoms with E-state index in [1.165, 1.54) is 39.7 Å². The van der Waals surface area contributed by atoms with Gasteiger partial charge in [-0.05, 0) is 44.4 Å². The van der Waals surface area contributed by atoms with Crippen LogP contribution in [0.25, 0.3) is 0 Å². The maximum atomic E-state index is 13.8. The molecule has 0 saturated heterocycles. The highest BCUT2D eigenvalue weighted by atomic mass is 32.2. The van der Waals surface area contributed by atoms with E-state index < -0.39 is 16.1 Å². The highest BCUT2D eigenvalue weighted by molar-refractivity contribution is 7.87. The quantitative estimate of drug-likeness (QED) is 0.351. The van der Waals surface area contributed by atoms with Crippen LogP contribution in [0.2, 0.25) is 0 Å². The molecule has 2 aromatic carbocycles. The van der Waals surface area contributed by atoms with Gasteiger partial charge in [-0.2, -0.15) is 12.7 Å². The number of nitrogens with zero attached hydrogens (tertiary/aromatic N) is 3. The number of hydrogen-bond acceptors (Lipinski definition) is 8. The van der Waals surface area contributed by atoms with Crippen molar-refractivity contribution < 1.29 is 27.5 Å². The molecule has 12 heteroatoms. The standard InChI is InChI=1S/C27H34N4O6S2/c1-18-22(36-5)15-21(16-23(18)37-6)27(33)31(14-10-13-20-11-8-7-9-12-20)17-24-28-25(19(2)38-24)26(32)29-39(34,35)30(3)4/h7-9,11-12,15-16H,10,13-14,17H2,1-6H3,(H,29,32). The van der Waals surface area contributed by atoms with Crippen molar-refractivity contribution in [2.75, 3.05) is 34.9 Å². The highest BCUT2D eigenvalue weighted by Gasteiger charge is 2.25. The predicted molar refractivity (Wildman–Crippen MR) is 151 cm³/mol. The molecule has 0 spiro atoms. The fourth-order valence-electron chi connectivity index (χ4n) is 3.91. The van der Waals surface area contributed by atoms with Crippen LogP contribution in [-0.2, 0) is 23.2 Å². The Kier molecular flexibility index (Phi) is 10.1. The summed E-state index contributed by atoms with van der Waals surface area (Å²) < 4.78 is 38.1. The second-order valence-corrected chi connectivity index (χ2v) is 12.2. The first-order valence-electron chi connectivity index (χ1n) is 12.2. The number of thiazole rings is 1. The minimum Gasteiger partial charge on any atom is -0.496 e. The lowest BCUT2D eigenvalue weighted by atomic mass is 10.1. The van der Waals surface area contributed by atoms with Crippen molar-refractivity contribution in [3.05, 3.63) is 74.7 Å². The van der Waals surface area contributed by atoms with E-state index in [0.717, 1.165) is 21.9 Å². The average Bonchev–Trinajstić information content (AvgIpc) is 3.28. The van der Waals surface area contributed by atoms with Gasteiger partial charge in [0.05, 0.1) is 20.8 Å². The van der Waals surface area contributed by atoms with Crippen molar-refractivity contribution >= 4 is 33.4 Å². The Morgan fingerprint density at radius 3 is 2.21 bits per heavy atom. The first-order valence-corrected chi connectivity index (χ1v) is 14.5. The third-order valence-electron chi connectivity index (χ3n) is 6.11. The summed E-state index contributed by atoms with van der Waals surface area (Å²) in [6.07, 6.45) is 1.48. The summed E-state index contributed by atoms with van der Waals surface area (Å²) >= 11 is 1.24. The summed E-state index contributed by atoms with van der Waals surface area (Å²) in [5.74, 6) is 0.00791. The molecule has 0 aliphatic rings. The number of benzene rings is 2. The molecule has 0 saturated carbocycles. The molecule has 0 atom stereocenters. The molecular weight excluding hydrogens is 540 g/mol. The lowest BCUT2D eigenvalue weighted by molar-refractivity contribution is 0.0740. The van der Waals surface area contributed by atoms with E-state index in [9.17, 15) is 18.0 Å². The number of carbonyl (C=O) groups excluding carboxylic acids is 2. The molecule has 10 nitrogen and oxygen atoms in total. The molecule has 39 heavy (non-hydrogen) atoms. The van der Waals surface area contributed by atoms with Crippen LogP contribution in [0.3, 0.4) is 0 Å². The Balaban J connectivity index is 1.88. The molecule has 3 rings (SSSR count). The molecule has 1 heterocycles. The Morgan fingerprint density at radius 1 is 1.03 bits per heavy atom. The first kappa shape index (κ1) is 30.1. The smallest absolute Gasteiger partial charge is 0.303 e.